The highest BCUT2D eigenvalue weighted by molar-refractivity contribution is 5.74. The Balaban J connectivity index is 1.33. The Kier molecular flexibility index (Phi) is 5.72. The second kappa shape index (κ2) is 8.92. The van der Waals surface area contributed by atoms with Gasteiger partial charge in [0.1, 0.15) is 11.6 Å². The van der Waals surface area contributed by atoms with Crippen molar-refractivity contribution in [2.45, 2.75) is 88.9 Å². The third-order valence-electron chi connectivity index (χ3n) is 10.7. The minimum Gasteiger partial charge on any atom is -0.340 e. The molecule has 0 amide bonds. The number of hydrogen-bond acceptors (Lipinski definition) is 4. The van der Waals surface area contributed by atoms with Gasteiger partial charge in [-0.05, 0) is 101 Å². The Bertz CT molecular complexity index is 1330. The quantitative estimate of drug-likeness (QED) is 0.422. The number of rotatable bonds is 3. The summed E-state index contributed by atoms with van der Waals surface area (Å²) in [6.45, 7) is 4.79. The third kappa shape index (κ3) is 3.45. The molecule has 6 heterocycles. The van der Waals surface area contributed by atoms with E-state index in [1.807, 2.05) is 0 Å². The zero-order valence-electron chi connectivity index (χ0n) is 24.0. The van der Waals surface area contributed by atoms with E-state index in [0.717, 1.165) is 6.04 Å². The van der Waals surface area contributed by atoms with Crippen molar-refractivity contribution in [3.63, 3.8) is 0 Å². The zero-order valence-corrected chi connectivity index (χ0v) is 24.0. The molecule has 3 saturated heterocycles. The van der Waals surface area contributed by atoms with Crippen molar-refractivity contribution in [3.8, 4) is 11.1 Å². The Morgan fingerprint density at radius 2 is 1.37 bits per heavy atom. The summed E-state index contributed by atoms with van der Waals surface area (Å²) < 4.78 is 4.68. The first-order valence-corrected chi connectivity index (χ1v) is 14.8. The number of aromatic nitrogens is 2. The fraction of sp³-hybridized carbons (Fsp3) is 0.562. The molecule has 4 aliphatic heterocycles. The summed E-state index contributed by atoms with van der Waals surface area (Å²) in [5, 5.41) is 0. The van der Waals surface area contributed by atoms with Crippen LogP contribution in [0.2, 0.25) is 0 Å². The van der Waals surface area contributed by atoms with E-state index in [1.165, 1.54) is 66.9 Å². The number of aryl methyl sites for hydroxylation is 2. The lowest BCUT2D eigenvalue weighted by Gasteiger charge is -2.38. The molecule has 202 valence electrons. The van der Waals surface area contributed by atoms with Crippen molar-refractivity contribution in [1.82, 2.24) is 18.9 Å². The number of nitrogens with zero attached hydrogens (tertiary/aromatic N) is 6. The molecule has 9 rings (SSSR count). The largest absolute Gasteiger partial charge is 0.340 e. The van der Waals surface area contributed by atoms with E-state index >= 15 is 0 Å². The summed E-state index contributed by atoms with van der Waals surface area (Å²) in [6.07, 6.45) is 13.0. The normalized spacial score (nSPS) is 31.5. The first-order chi connectivity index (χ1) is 18.3. The second-order valence-corrected chi connectivity index (χ2v) is 12.5. The van der Waals surface area contributed by atoms with Crippen molar-refractivity contribution in [2.24, 2.45) is 14.1 Å². The van der Waals surface area contributed by atoms with Gasteiger partial charge in [0, 0.05) is 50.2 Å². The maximum atomic E-state index is 2.73. The van der Waals surface area contributed by atoms with E-state index in [2.05, 4.69) is 120 Å². The van der Waals surface area contributed by atoms with Crippen LogP contribution in [-0.2, 0) is 14.1 Å². The molecule has 0 radical (unpaired) electrons. The maximum absolute atomic E-state index is 2.73. The van der Waals surface area contributed by atoms with E-state index in [-0.39, 0.29) is 0 Å². The summed E-state index contributed by atoms with van der Waals surface area (Å²) in [6, 6.07) is 16.2. The molecule has 0 N–H and O–H groups in total. The molecule has 4 atom stereocenters. The van der Waals surface area contributed by atoms with Crippen LogP contribution < -0.4 is 9.80 Å². The van der Waals surface area contributed by atoms with Gasteiger partial charge < -0.3 is 18.9 Å². The predicted octanol–water partition coefficient (Wildman–Crippen LogP) is 6.11. The highest BCUT2D eigenvalue weighted by Crippen LogP contribution is 2.52. The number of anilines is 2. The van der Waals surface area contributed by atoms with Crippen molar-refractivity contribution >= 4 is 11.6 Å². The molecular formula is C32H44N6. The molecule has 1 saturated carbocycles. The summed E-state index contributed by atoms with van der Waals surface area (Å²) in [7, 11) is 9.10. The summed E-state index contributed by atoms with van der Waals surface area (Å²) in [4.78, 5) is 10.6. The van der Waals surface area contributed by atoms with Crippen LogP contribution >= 0.6 is 0 Å². The molecular weight excluding hydrogens is 468 g/mol. The Morgan fingerprint density at radius 1 is 0.658 bits per heavy atom. The Labute approximate surface area is 228 Å². The fourth-order valence-electron chi connectivity index (χ4n) is 8.48. The average Bonchev–Trinajstić information content (AvgIpc) is 3.41. The number of benzene rings is 1. The van der Waals surface area contributed by atoms with Crippen LogP contribution in [-0.4, -0.2) is 57.4 Å². The van der Waals surface area contributed by atoms with Crippen LogP contribution in [0, 0.1) is 0 Å². The molecule has 6 heteroatoms. The summed E-state index contributed by atoms with van der Waals surface area (Å²) >= 11 is 0. The molecule has 2 aromatic heterocycles. The lowest BCUT2D eigenvalue weighted by atomic mass is 9.80. The average molecular weight is 513 g/mol. The lowest BCUT2D eigenvalue weighted by molar-refractivity contribution is 0.184. The molecule has 2 aliphatic carbocycles. The minimum atomic E-state index is 0.330. The van der Waals surface area contributed by atoms with Gasteiger partial charge in [-0.15, -0.1) is 0 Å². The standard InChI is InChI=1S/C32H44N6/c1-21-35(5)24-12-14-25(15-13-24)37(21)31-19-23(20-34(31)4)26-9-7-10-27-28-16-17-29(32(26)27)36(6)22(2)38(28)30-11-8-18-33(30)3/h7-11,18-22,24-25,28-29H,12-17H2,1-6H3/t21-,22-,24?,25?,28?,29?/m0/s1. The topological polar surface area (TPSA) is 22.8 Å². The van der Waals surface area contributed by atoms with Gasteiger partial charge in [0.2, 0.25) is 0 Å². The van der Waals surface area contributed by atoms with Gasteiger partial charge >= 0.3 is 0 Å². The third-order valence-corrected chi connectivity index (χ3v) is 10.7. The highest BCUT2D eigenvalue weighted by Gasteiger charge is 2.44. The molecule has 2 unspecified atom stereocenters. The molecule has 4 bridgehead atoms. The SMILES string of the molecule is C[C@H]1N(C)C2CCC(CC2)N1c1cc(-c2cccc3c2C2CCC3N(c3cccn3C)[C@@H](C)N2C)cn1C. The van der Waals surface area contributed by atoms with E-state index in [4.69, 9.17) is 0 Å². The molecule has 38 heavy (non-hydrogen) atoms. The van der Waals surface area contributed by atoms with Crippen molar-refractivity contribution < 1.29 is 0 Å². The van der Waals surface area contributed by atoms with Crippen LogP contribution in [0.5, 0.6) is 0 Å². The van der Waals surface area contributed by atoms with Gasteiger partial charge in [-0.2, -0.15) is 0 Å². The molecule has 3 aromatic rings. The van der Waals surface area contributed by atoms with Crippen molar-refractivity contribution in [1.29, 1.82) is 0 Å². The van der Waals surface area contributed by atoms with Gasteiger partial charge in [-0.1, -0.05) is 18.2 Å². The van der Waals surface area contributed by atoms with E-state index in [9.17, 15) is 0 Å². The van der Waals surface area contributed by atoms with E-state index in [1.54, 1.807) is 5.56 Å². The molecule has 0 spiro atoms. The van der Waals surface area contributed by atoms with Crippen LogP contribution in [0.3, 0.4) is 0 Å². The Morgan fingerprint density at radius 3 is 2.11 bits per heavy atom. The van der Waals surface area contributed by atoms with Gasteiger partial charge in [0.15, 0.2) is 0 Å². The summed E-state index contributed by atoms with van der Waals surface area (Å²) in [5.74, 6) is 2.68. The Hall–Kier alpha value is -2.70. The molecule has 6 aliphatic rings. The van der Waals surface area contributed by atoms with Gasteiger partial charge in [0.25, 0.3) is 0 Å². The van der Waals surface area contributed by atoms with Crippen molar-refractivity contribution in [3.05, 3.63) is 59.9 Å². The molecule has 6 nitrogen and oxygen atoms in total. The van der Waals surface area contributed by atoms with Crippen LogP contribution in [0.4, 0.5) is 11.6 Å². The van der Waals surface area contributed by atoms with Gasteiger partial charge in [-0.3, -0.25) is 9.80 Å². The maximum Gasteiger partial charge on any atom is 0.110 e. The van der Waals surface area contributed by atoms with E-state index in [0.29, 0.717) is 30.5 Å². The van der Waals surface area contributed by atoms with Crippen LogP contribution in [0.15, 0.2) is 48.8 Å². The first-order valence-electron chi connectivity index (χ1n) is 14.8. The number of hydrogen-bond donors (Lipinski definition) is 0. The molecule has 1 aromatic carbocycles. The fourth-order valence-corrected chi connectivity index (χ4v) is 8.48. The van der Waals surface area contributed by atoms with Crippen LogP contribution in [0.1, 0.15) is 75.6 Å². The van der Waals surface area contributed by atoms with Crippen molar-refractivity contribution in [2.75, 3.05) is 23.9 Å². The smallest absolute Gasteiger partial charge is 0.110 e. The summed E-state index contributed by atoms with van der Waals surface area (Å²) in [5.41, 5.74) is 5.86. The van der Waals surface area contributed by atoms with Gasteiger partial charge in [0.05, 0.1) is 18.4 Å². The zero-order chi connectivity index (χ0) is 26.3. The second-order valence-electron chi connectivity index (χ2n) is 12.5. The van der Waals surface area contributed by atoms with E-state index < -0.39 is 0 Å². The number of fused-ring (bicyclic) bond motifs is 7. The highest BCUT2D eigenvalue weighted by atomic mass is 15.4. The minimum absolute atomic E-state index is 0.330. The molecule has 4 fully saturated rings. The monoisotopic (exact) mass is 512 g/mol. The predicted molar refractivity (Wildman–Crippen MR) is 156 cm³/mol. The van der Waals surface area contributed by atoms with Gasteiger partial charge in [-0.25, -0.2) is 0 Å². The first kappa shape index (κ1) is 24.3. The lowest BCUT2D eigenvalue weighted by Crippen LogP contribution is -2.47. The van der Waals surface area contributed by atoms with Crippen LogP contribution in [0.25, 0.3) is 11.1 Å².